The number of halogens is 3. The molecule has 1 aromatic carbocycles. The summed E-state index contributed by atoms with van der Waals surface area (Å²) in [6, 6.07) is 5.21. The fourth-order valence-corrected chi connectivity index (χ4v) is 1.91. The van der Waals surface area contributed by atoms with Crippen molar-refractivity contribution in [2.75, 3.05) is 5.73 Å². The molecule has 0 spiro atoms. The Kier molecular flexibility index (Phi) is 3.38. The molecule has 0 saturated carbocycles. The van der Waals surface area contributed by atoms with E-state index in [4.69, 9.17) is 10.3 Å². The van der Waals surface area contributed by atoms with Gasteiger partial charge in [-0.1, -0.05) is 5.16 Å². The van der Waals surface area contributed by atoms with Crippen LogP contribution in [0, 0.1) is 11.6 Å². The molecule has 2 N–H and O–H groups in total. The molecule has 0 bridgehead atoms. The minimum absolute atomic E-state index is 0.0650. The van der Waals surface area contributed by atoms with Crippen molar-refractivity contribution in [3.05, 3.63) is 46.6 Å². The quantitative estimate of drug-likeness (QED) is 0.715. The number of pyridine rings is 1. The molecule has 0 atom stereocenters. The van der Waals surface area contributed by atoms with E-state index in [0.717, 1.165) is 10.5 Å². The SMILES string of the molecule is Nc1cc(-c2nc(-c3ccc(Br)cn3)no2)c(F)cc1F. The Morgan fingerprint density at radius 3 is 2.67 bits per heavy atom. The van der Waals surface area contributed by atoms with Gasteiger partial charge in [0.1, 0.15) is 17.3 Å². The average molecular weight is 353 g/mol. The number of nitrogens with two attached hydrogens (primary N) is 1. The van der Waals surface area contributed by atoms with Gasteiger partial charge in [-0.05, 0) is 34.1 Å². The zero-order chi connectivity index (χ0) is 15.0. The van der Waals surface area contributed by atoms with Crippen molar-refractivity contribution in [2.45, 2.75) is 0 Å². The van der Waals surface area contributed by atoms with Gasteiger partial charge in [-0.15, -0.1) is 0 Å². The number of hydrogen-bond donors (Lipinski definition) is 1. The number of hydrogen-bond acceptors (Lipinski definition) is 5. The van der Waals surface area contributed by atoms with Crippen molar-refractivity contribution in [2.24, 2.45) is 0 Å². The Hall–Kier alpha value is -2.35. The van der Waals surface area contributed by atoms with Gasteiger partial charge in [-0.3, -0.25) is 4.98 Å². The van der Waals surface area contributed by atoms with Crippen molar-refractivity contribution >= 4 is 21.6 Å². The van der Waals surface area contributed by atoms with Gasteiger partial charge in [0, 0.05) is 16.7 Å². The Balaban J connectivity index is 2.02. The van der Waals surface area contributed by atoms with Gasteiger partial charge in [-0.25, -0.2) is 8.78 Å². The molecule has 3 aromatic rings. The predicted molar refractivity (Wildman–Crippen MR) is 75.0 cm³/mol. The van der Waals surface area contributed by atoms with Crippen LogP contribution in [0.4, 0.5) is 14.5 Å². The molecule has 21 heavy (non-hydrogen) atoms. The monoisotopic (exact) mass is 352 g/mol. The Morgan fingerprint density at radius 1 is 1.14 bits per heavy atom. The lowest BCUT2D eigenvalue weighted by Crippen LogP contribution is -1.94. The summed E-state index contributed by atoms with van der Waals surface area (Å²) in [6.07, 6.45) is 1.57. The molecule has 0 saturated heterocycles. The third-order valence-electron chi connectivity index (χ3n) is 2.70. The van der Waals surface area contributed by atoms with E-state index in [1.807, 2.05) is 0 Å². The van der Waals surface area contributed by atoms with Crippen LogP contribution in [0.2, 0.25) is 0 Å². The first-order valence-corrected chi connectivity index (χ1v) is 6.54. The smallest absolute Gasteiger partial charge is 0.261 e. The zero-order valence-corrected chi connectivity index (χ0v) is 11.9. The molecule has 0 unspecified atom stereocenters. The molecule has 8 heteroatoms. The summed E-state index contributed by atoms with van der Waals surface area (Å²) in [4.78, 5) is 8.14. The van der Waals surface area contributed by atoms with E-state index in [9.17, 15) is 8.78 Å². The van der Waals surface area contributed by atoms with Gasteiger partial charge >= 0.3 is 0 Å². The summed E-state index contributed by atoms with van der Waals surface area (Å²) in [6.45, 7) is 0. The molecule has 0 amide bonds. The molecule has 0 aliphatic heterocycles. The highest BCUT2D eigenvalue weighted by atomic mass is 79.9. The van der Waals surface area contributed by atoms with E-state index in [-0.39, 0.29) is 23.0 Å². The van der Waals surface area contributed by atoms with Crippen LogP contribution in [0.15, 0.2) is 39.5 Å². The predicted octanol–water partition coefficient (Wildman–Crippen LogP) is 3.42. The van der Waals surface area contributed by atoms with Gasteiger partial charge in [0.05, 0.1) is 11.3 Å². The summed E-state index contributed by atoms with van der Waals surface area (Å²) < 4.78 is 32.7. The molecule has 0 radical (unpaired) electrons. The Bertz CT molecular complexity index is 804. The van der Waals surface area contributed by atoms with Crippen LogP contribution in [0.25, 0.3) is 23.0 Å². The van der Waals surface area contributed by atoms with Crippen LogP contribution >= 0.6 is 15.9 Å². The highest BCUT2D eigenvalue weighted by Crippen LogP contribution is 2.27. The maximum atomic E-state index is 13.7. The Labute approximate surface area is 125 Å². The molecule has 2 aromatic heterocycles. The molecule has 5 nitrogen and oxygen atoms in total. The number of rotatable bonds is 2. The minimum atomic E-state index is -0.842. The maximum Gasteiger partial charge on any atom is 0.261 e. The lowest BCUT2D eigenvalue weighted by Gasteiger charge is -2.00. The molecule has 3 rings (SSSR count). The van der Waals surface area contributed by atoms with Gasteiger partial charge < -0.3 is 10.3 Å². The number of benzene rings is 1. The largest absolute Gasteiger partial charge is 0.396 e. The number of aromatic nitrogens is 3. The first-order valence-electron chi connectivity index (χ1n) is 5.75. The van der Waals surface area contributed by atoms with E-state index >= 15 is 0 Å². The molecular weight excluding hydrogens is 346 g/mol. The van der Waals surface area contributed by atoms with E-state index in [0.29, 0.717) is 11.8 Å². The first-order chi connectivity index (χ1) is 10.0. The highest BCUT2D eigenvalue weighted by Gasteiger charge is 2.17. The third-order valence-corrected chi connectivity index (χ3v) is 3.17. The lowest BCUT2D eigenvalue weighted by molar-refractivity contribution is 0.429. The Morgan fingerprint density at radius 2 is 1.95 bits per heavy atom. The second-order valence-corrected chi connectivity index (χ2v) is 5.05. The van der Waals surface area contributed by atoms with Gasteiger partial charge in [-0.2, -0.15) is 4.98 Å². The standard InChI is InChI=1S/C13H7BrF2N4O/c14-6-1-2-11(18-5-6)12-19-13(21-20-12)7-3-10(17)9(16)4-8(7)15/h1-5H,17H2. The zero-order valence-electron chi connectivity index (χ0n) is 10.3. The first kappa shape index (κ1) is 13.6. The minimum Gasteiger partial charge on any atom is -0.396 e. The fourth-order valence-electron chi connectivity index (χ4n) is 1.67. The van der Waals surface area contributed by atoms with Gasteiger partial charge in [0.15, 0.2) is 0 Å². The van der Waals surface area contributed by atoms with Crippen LogP contribution in [-0.2, 0) is 0 Å². The third kappa shape index (κ3) is 2.62. The summed E-state index contributed by atoms with van der Waals surface area (Å²) in [7, 11) is 0. The van der Waals surface area contributed by atoms with Crippen molar-refractivity contribution in [1.82, 2.24) is 15.1 Å². The fraction of sp³-hybridized carbons (Fsp3) is 0. The second-order valence-electron chi connectivity index (χ2n) is 4.14. The van der Waals surface area contributed by atoms with E-state index in [1.54, 1.807) is 18.3 Å². The van der Waals surface area contributed by atoms with Crippen LogP contribution in [0.3, 0.4) is 0 Å². The topological polar surface area (TPSA) is 77.8 Å². The average Bonchev–Trinajstić information content (AvgIpc) is 2.93. The molecule has 2 heterocycles. The van der Waals surface area contributed by atoms with Gasteiger partial charge in [0.25, 0.3) is 5.89 Å². The molecule has 0 aliphatic rings. The number of anilines is 1. The second kappa shape index (κ2) is 5.21. The summed E-state index contributed by atoms with van der Waals surface area (Å²) in [5.74, 6) is -1.58. The maximum absolute atomic E-state index is 13.7. The van der Waals surface area contributed by atoms with Crippen molar-refractivity contribution in [3.63, 3.8) is 0 Å². The number of nitrogen functional groups attached to an aromatic ring is 1. The van der Waals surface area contributed by atoms with E-state index < -0.39 is 11.6 Å². The van der Waals surface area contributed by atoms with E-state index in [2.05, 4.69) is 31.1 Å². The van der Waals surface area contributed by atoms with Gasteiger partial charge in [0.2, 0.25) is 5.82 Å². The molecular formula is C13H7BrF2N4O. The molecule has 0 aliphatic carbocycles. The van der Waals surface area contributed by atoms with Crippen molar-refractivity contribution in [3.8, 4) is 23.0 Å². The summed E-state index contributed by atoms with van der Waals surface area (Å²) in [5, 5.41) is 3.72. The van der Waals surface area contributed by atoms with Crippen LogP contribution in [-0.4, -0.2) is 15.1 Å². The van der Waals surface area contributed by atoms with Crippen LogP contribution in [0.1, 0.15) is 0 Å². The molecule has 0 fully saturated rings. The van der Waals surface area contributed by atoms with Crippen molar-refractivity contribution < 1.29 is 13.3 Å². The van der Waals surface area contributed by atoms with E-state index in [1.165, 1.54) is 0 Å². The highest BCUT2D eigenvalue weighted by molar-refractivity contribution is 9.10. The van der Waals surface area contributed by atoms with Crippen molar-refractivity contribution in [1.29, 1.82) is 0 Å². The van der Waals surface area contributed by atoms with Crippen LogP contribution < -0.4 is 5.73 Å². The van der Waals surface area contributed by atoms with Crippen LogP contribution in [0.5, 0.6) is 0 Å². The normalized spacial score (nSPS) is 10.8. The summed E-state index contributed by atoms with van der Waals surface area (Å²) in [5.41, 5.74) is 5.61. The number of nitrogens with zero attached hydrogens (tertiary/aromatic N) is 3. The lowest BCUT2D eigenvalue weighted by atomic mass is 10.2. The summed E-state index contributed by atoms with van der Waals surface area (Å²) >= 11 is 3.26. The molecule has 106 valence electrons.